The molecule has 0 aliphatic carbocycles. The van der Waals surface area contributed by atoms with E-state index in [0.717, 1.165) is 37.1 Å². The largest absolute Gasteiger partial charge is 0.432 e. The molecule has 0 aliphatic rings. The number of rotatable bonds is 7. The van der Waals surface area contributed by atoms with Gasteiger partial charge >= 0.3 is 0 Å². The SMILES string of the molecule is CCCCc1cc(N)n(-c2ccc(CC(C)(C)[Si](C)(C)O)cc2)n1. The highest BCUT2D eigenvalue weighted by Crippen LogP contribution is 2.38. The third-order valence-electron chi connectivity index (χ3n) is 5.06. The van der Waals surface area contributed by atoms with E-state index < -0.39 is 8.32 Å². The molecule has 132 valence electrons. The maximum atomic E-state index is 10.5. The van der Waals surface area contributed by atoms with E-state index in [1.165, 1.54) is 5.56 Å². The Morgan fingerprint density at radius 2 is 1.83 bits per heavy atom. The molecule has 24 heavy (non-hydrogen) atoms. The van der Waals surface area contributed by atoms with Crippen molar-refractivity contribution >= 4 is 14.1 Å². The van der Waals surface area contributed by atoms with Crippen LogP contribution in [0.2, 0.25) is 18.1 Å². The zero-order valence-corrected chi connectivity index (χ0v) is 16.6. The summed E-state index contributed by atoms with van der Waals surface area (Å²) >= 11 is 0. The highest BCUT2D eigenvalue weighted by atomic mass is 28.4. The monoisotopic (exact) mass is 345 g/mol. The summed E-state index contributed by atoms with van der Waals surface area (Å²) in [6.07, 6.45) is 4.13. The van der Waals surface area contributed by atoms with Gasteiger partial charge in [-0.1, -0.05) is 39.3 Å². The Balaban J connectivity index is 2.16. The second-order valence-corrected chi connectivity index (χ2v) is 12.3. The van der Waals surface area contributed by atoms with E-state index in [4.69, 9.17) is 5.73 Å². The lowest BCUT2D eigenvalue weighted by molar-refractivity contribution is 0.467. The van der Waals surface area contributed by atoms with E-state index in [0.29, 0.717) is 5.82 Å². The molecule has 4 nitrogen and oxygen atoms in total. The van der Waals surface area contributed by atoms with Crippen LogP contribution >= 0.6 is 0 Å². The zero-order chi connectivity index (χ0) is 18.0. The lowest BCUT2D eigenvalue weighted by atomic mass is 10.0. The van der Waals surface area contributed by atoms with Gasteiger partial charge in [0, 0.05) is 6.07 Å². The van der Waals surface area contributed by atoms with Crippen molar-refractivity contribution in [3.63, 3.8) is 0 Å². The van der Waals surface area contributed by atoms with Crippen LogP contribution in [-0.2, 0) is 12.8 Å². The summed E-state index contributed by atoms with van der Waals surface area (Å²) in [5.41, 5.74) is 9.38. The fraction of sp³-hybridized carbons (Fsp3) is 0.526. The molecule has 1 heterocycles. The molecule has 1 aromatic carbocycles. The second kappa shape index (κ2) is 7.11. The number of hydrogen-bond acceptors (Lipinski definition) is 3. The summed E-state index contributed by atoms with van der Waals surface area (Å²) in [5, 5.41) is 4.56. The van der Waals surface area contributed by atoms with Gasteiger partial charge in [-0.3, -0.25) is 0 Å². The van der Waals surface area contributed by atoms with E-state index in [1.54, 1.807) is 0 Å². The van der Waals surface area contributed by atoms with Crippen LogP contribution in [0, 0.1) is 0 Å². The van der Waals surface area contributed by atoms with E-state index in [2.05, 4.69) is 50.1 Å². The lowest BCUT2D eigenvalue weighted by Crippen LogP contribution is -2.40. The van der Waals surface area contributed by atoms with E-state index >= 15 is 0 Å². The number of nitrogens with zero attached hydrogens (tertiary/aromatic N) is 2. The summed E-state index contributed by atoms with van der Waals surface area (Å²) in [7, 11) is -2.20. The Kier molecular flexibility index (Phi) is 5.55. The number of unbranched alkanes of at least 4 members (excludes halogenated alkanes) is 1. The van der Waals surface area contributed by atoms with Crippen molar-refractivity contribution in [3.05, 3.63) is 41.6 Å². The smallest absolute Gasteiger partial charge is 0.188 e. The Morgan fingerprint density at radius 3 is 2.38 bits per heavy atom. The molecule has 0 amide bonds. The first kappa shape index (κ1) is 18.7. The summed E-state index contributed by atoms with van der Waals surface area (Å²) in [5.74, 6) is 0.679. The van der Waals surface area contributed by atoms with Crippen molar-refractivity contribution in [2.45, 2.75) is 64.6 Å². The van der Waals surface area contributed by atoms with Crippen LogP contribution in [0.1, 0.15) is 44.9 Å². The first-order valence-corrected chi connectivity index (χ1v) is 11.7. The second-order valence-electron chi connectivity index (χ2n) is 7.86. The van der Waals surface area contributed by atoms with Gasteiger partial charge in [-0.15, -0.1) is 0 Å². The van der Waals surface area contributed by atoms with Gasteiger partial charge in [0.15, 0.2) is 8.32 Å². The number of nitrogens with two attached hydrogens (primary N) is 1. The highest BCUT2D eigenvalue weighted by molar-refractivity contribution is 6.72. The quantitative estimate of drug-likeness (QED) is 0.735. The van der Waals surface area contributed by atoms with Crippen LogP contribution in [-0.4, -0.2) is 22.9 Å². The zero-order valence-electron chi connectivity index (χ0n) is 15.6. The minimum Gasteiger partial charge on any atom is -0.432 e. The minimum atomic E-state index is -2.20. The molecule has 5 heteroatoms. The van der Waals surface area contributed by atoms with Crippen molar-refractivity contribution in [2.75, 3.05) is 5.73 Å². The number of aryl methyl sites for hydroxylation is 1. The third kappa shape index (κ3) is 4.27. The van der Waals surface area contributed by atoms with Gasteiger partial charge in [-0.05, 0) is 55.1 Å². The summed E-state index contributed by atoms with van der Waals surface area (Å²) in [6, 6.07) is 10.3. The summed E-state index contributed by atoms with van der Waals surface area (Å²) in [4.78, 5) is 10.5. The average molecular weight is 346 g/mol. The fourth-order valence-corrected chi connectivity index (χ4v) is 3.25. The molecule has 0 unspecified atom stereocenters. The Morgan fingerprint density at radius 1 is 1.21 bits per heavy atom. The van der Waals surface area contributed by atoms with Crippen LogP contribution in [0.3, 0.4) is 0 Å². The summed E-state index contributed by atoms with van der Waals surface area (Å²) < 4.78 is 1.81. The maximum Gasteiger partial charge on any atom is 0.188 e. The number of nitrogen functional groups attached to an aromatic ring is 1. The number of benzene rings is 1. The minimum absolute atomic E-state index is 0.0629. The van der Waals surface area contributed by atoms with E-state index in [9.17, 15) is 4.80 Å². The van der Waals surface area contributed by atoms with E-state index in [1.807, 2.05) is 23.8 Å². The van der Waals surface area contributed by atoms with Crippen LogP contribution in [0.4, 0.5) is 5.82 Å². The lowest BCUT2D eigenvalue weighted by Gasteiger charge is -2.35. The van der Waals surface area contributed by atoms with Crippen LogP contribution in [0.25, 0.3) is 5.69 Å². The predicted molar refractivity (Wildman–Crippen MR) is 104 cm³/mol. The van der Waals surface area contributed by atoms with Gasteiger partial charge in [0.05, 0.1) is 11.4 Å². The molecule has 0 saturated carbocycles. The van der Waals surface area contributed by atoms with Crippen LogP contribution in [0.15, 0.2) is 30.3 Å². The Hall–Kier alpha value is -1.59. The van der Waals surface area contributed by atoms with Gasteiger partial charge in [-0.25, -0.2) is 4.68 Å². The van der Waals surface area contributed by atoms with Crippen molar-refractivity contribution in [3.8, 4) is 5.69 Å². The normalized spacial score (nSPS) is 12.6. The molecule has 0 radical (unpaired) electrons. The van der Waals surface area contributed by atoms with E-state index in [-0.39, 0.29) is 5.04 Å². The van der Waals surface area contributed by atoms with Gasteiger partial charge < -0.3 is 10.5 Å². The van der Waals surface area contributed by atoms with Crippen LogP contribution in [0.5, 0.6) is 0 Å². The molecule has 0 aliphatic heterocycles. The number of hydrogen-bond donors (Lipinski definition) is 2. The van der Waals surface area contributed by atoms with Gasteiger partial charge in [0.2, 0.25) is 0 Å². The number of aromatic nitrogens is 2. The molecular weight excluding hydrogens is 314 g/mol. The molecule has 1 aromatic heterocycles. The first-order valence-electron chi connectivity index (χ1n) is 8.80. The standard InChI is InChI=1S/C19H31N3OSi/c1-6-7-8-16-13-18(20)22(21-16)17-11-9-15(10-12-17)14-19(2,3)24(4,5)23/h9-13,23H,6-8,14,20H2,1-5H3. The average Bonchev–Trinajstić information content (AvgIpc) is 2.85. The highest BCUT2D eigenvalue weighted by Gasteiger charge is 2.37. The van der Waals surface area contributed by atoms with Crippen molar-refractivity contribution in [2.24, 2.45) is 0 Å². The predicted octanol–water partition coefficient (Wildman–Crippen LogP) is 4.32. The molecule has 3 N–H and O–H groups in total. The molecule has 2 rings (SSSR count). The molecular formula is C19H31N3OSi. The van der Waals surface area contributed by atoms with Crippen molar-refractivity contribution < 1.29 is 4.80 Å². The molecule has 0 spiro atoms. The number of anilines is 1. The molecule has 0 atom stereocenters. The molecule has 0 saturated heterocycles. The van der Waals surface area contributed by atoms with Gasteiger partial charge in [0.1, 0.15) is 5.82 Å². The van der Waals surface area contributed by atoms with Gasteiger partial charge in [0.25, 0.3) is 0 Å². The fourth-order valence-electron chi connectivity index (χ4n) is 2.62. The Labute approximate surface area is 146 Å². The maximum absolute atomic E-state index is 10.5. The van der Waals surface area contributed by atoms with Crippen LogP contribution < -0.4 is 5.73 Å². The van der Waals surface area contributed by atoms with Gasteiger partial charge in [-0.2, -0.15) is 5.10 Å². The Bertz CT molecular complexity index is 669. The molecule has 2 aromatic rings. The third-order valence-corrected chi connectivity index (χ3v) is 8.55. The molecule has 0 bridgehead atoms. The van der Waals surface area contributed by atoms with Crippen molar-refractivity contribution in [1.29, 1.82) is 0 Å². The topological polar surface area (TPSA) is 64.1 Å². The first-order chi connectivity index (χ1) is 11.1. The molecule has 0 fully saturated rings. The van der Waals surface area contributed by atoms with Crippen molar-refractivity contribution in [1.82, 2.24) is 9.78 Å². The summed E-state index contributed by atoms with van der Waals surface area (Å²) in [6.45, 7) is 10.5.